The van der Waals surface area contributed by atoms with Crippen molar-refractivity contribution in [2.24, 2.45) is 7.05 Å². The average Bonchev–Trinajstić information content (AvgIpc) is 2.97. The second-order valence-corrected chi connectivity index (χ2v) is 7.66. The second kappa shape index (κ2) is 7.09. The van der Waals surface area contributed by atoms with E-state index in [-0.39, 0.29) is 16.4 Å². The minimum atomic E-state index is -4.16. The molecule has 1 heterocycles. The Hall–Kier alpha value is -2.78. The lowest BCUT2D eigenvalue weighted by Gasteiger charge is -2.05. The first-order valence-corrected chi connectivity index (χ1v) is 9.35. The molecule has 2 aromatic carbocycles. The quantitative estimate of drug-likeness (QED) is 0.715. The third kappa shape index (κ3) is 3.83. The molecule has 1 aromatic heterocycles. The molecule has 0 unspecified atom stereocenters. The summed E-state index contributed by atoms with van der Waals surface area (Å²) >= 11 is 5.71. The molecule has 0 bridgehead atoms. The Balaban J connectivity index is 1.92. The van der Waals surface area contributed by atoms with E-state index in [1.807, 2.05) is 4.72 Å². The van der Waals surface area contributed by atoms with Crippen molar-refractivity contribution in [1.29, 1.82) is 0 Å². The summed E-state index contributed by atoms with van der Waals surface area (Å²) in [6.07, 6.45) is 1.17. The maximum atomic E-state index is 14.0. The molecular formula is C17H12ClF2N3O3S. The van der Waals surface area contributed by atoms with Gasteiger partial charge in [0.15, 0.2) is 0 Å². The van der Waals surface area contributed by atoms with E-state index in [9.17, 15) is 22.0 Å². The largest absolute Gasteiger partial charge is 0.333 e. The highest BCUT2D eigenvalue weighted by Gasteiger charge is 2.23. The molecule has 140 valence electrons. The average molecular weight is 412 g/mol. The number of aryl methyl sites for hydroxylation is 1. The molecule has 0 atom stereocenters. The summed E-state index contributed by atoms with van der Waals surface area (Å²) in [5.41, 5.74) is -0.729. The van der Waals surface area contributed by atoms with Crippen molar-refractivity contribution in [3.05, 3.63) is 71.0 Å². The Kier molecular flexibility index (Phi) is 4.99. The Morgan fingerprint density at radius 3 is 2.30 bits per heavy atom. The van der Waals surface area contributed by atoms with Gasteiger partial charge >= 0.3 is 0 Å². The number of amides is 1. The number of halogens is 3. The smallest absolute Gasteiger partial charge is 0.285 e. The Bertz CT molecular complexity index is 1110. The van der Waals surface area contributed by atoms with Gasteiger partial charge in [0.05, 0.1) is 10.5 Å². The zero-order chi connectivity index (χ0) is 19.8. The summed E-state index contributed by atoms with van der Waals surface area (Å²) < 4.78 is 55.5. The van der Waals surface area contributed by atoms with Gasteiger partial charge in [-0.2, -0.15) is 0 Å². The minimum absolute atomic E-state index is 0.153. The molecule has 27 heavy (non-hydrogen) atoms. The first-order valence-electron chi connectivity index (χ1n) is 7.49. The SMILES string of the molecule is Cn1cc(C(=O)NS(=O)(=O)c2ccc(Cl)cc2)nc1-c1c(F)cccc1F. The number of hydrogen-bond donors (Lipinski definition) is 1. The number of benzene rings is 2. The maximum Gasteiger partial charge on any atom is 0.285 e. The van der Waals surface area contributed by atoms with Crippen molar-refractivity contribution in [1.82, 2.24) is 14.3 Å². The number of nitrogens with one attached hydrogen (secondary N) is 1. The summed E-state index contributed by atoms with van der Waals surface area (Å²) in [4.78, 5) is 16.0. The lowest BCUT2D eigenvalue weighted by atomic mass is 10.2. The fourth-order valence-corrected chi connectivity index (χ4v) is 3.45. The van der Waals surface area contributed by atoms with Crippen molar-refractivity contribution in [3.8, 4) is 11.4 Å². The van der Waals surface area contributed by atoms with Crippen LogP contribution in [0.15, 0.2) is 53.6 Å². The molecule has 0 fully saturated rings. The fraction of sp³-hybridized carbons (Fsp3) is 0.0588. The molecule has 0 radical (unpaired) electrons. The molecule has 10 heteroatoms. The number of sulfonamides is 1. The van der Waals surface area contributed by atoms with E-state index in [1.165, 1.54) is 48.1 Å². The van der Waals surface area contributed by atoms with E-state index in [4.69, 9.17) is 11.6 Å². The van der Waals surface area contributed by atoms with E-state index in [0.29, 0.717) is 5.02 Å². The molecule has 1 amide bonds. The monoisotopic (exact) mass is 411 g/mol. The van der Waals surface area contributed by atoms with Gasteiger partial charge in [0, 0.05) is 18.3 Å². The Morgan fingerprint density at radius 1 is 1.11 bits per heavy atom. The zero-order valence-corrected chi connectivity index (χ0v) is 15.4. The molecule has 0 aliphatic rings. The number of aromatic nitrogens is 2. The van der Waals surface area contributed by atoms with Gasteiger partial charge in [-0.3, -0.25) is 4.79 Å². The summed E-state index contributed by atoms with van der Waals surface area (Å²) in [5.74, 6) is -2.91. The van der Waals surface area contributed by atoms with E-state index >= 15 is 0 Å². The van der Waals surface area contributed by atoms with Crippen molar-refractivity contribution in [2.75, 3.05) is 0 Å². The number of imidazole rings is 1. The Morgan fingerprint density at radius 2 is 1.70 bits per heavy atom. The highest BCUT2D eigenvalue weighted by atomic mass is 35.5. The molecule has 0 aliphatic carbocycles. The predicted octanol–water partition coefficient (Wildman–Crippen LogP) is 3.14. The van der Waals surface area contributed by atoms with Crippen molar-refractivity contribution < 1.29 is 22.0 Å². The number of hydrogen-bond acceptors (Lipinski definition) is 4. The van der Waals surface area contributed by atoms with Crippen molar-refractivity contribution in [3.63, 3.8) is 0 Å². The third-order valence-corrected chi connectivity index (χ3v) is 5.25. The number of rotatable bonds is 4. The van der Waals surface area contributed by atoms with Crippen LogP contribution < -0.4 is 4.72 Å². The summed E-state index contributed by atoms with van der Waals surface area (Å²) in [7, 11) is -2.74. The molecule has 0 spiro atoms. The zero-order valence-electron chi connectivity index (χ0n) is 13.8. The van der Waals surface area contributed by atoms with Crippen LogP contribution in [0.2, 0.25) is 5.02 Å². The second-order valence-electron chi connectivity index (χ2n) is 5.55. The minimum Gasteiger partial charge on any atom is -0.333 e. The molecule has 6 nitrogen and oxygen atoms in total. The topological polar surface area (TPSA) is 81.1 Å². The van der Waals surface area contributed by atoms with Gasteiger partial charge in [-0.1, -0.05) is 17.7 Å². The molecule has 3 rings (SSSR count). The molecule has 1 N–H and O–H groups in total. The van der Waals surface area contributed by atoms with Crippen LogP contribution in [0.25, 0.3) is 11.4 Å². The van der Waals surface area contributed by atoms with Crippen LogP contribution >= 0.6 is 11.6 Å². The predicted molar refractivity (Wildman–Crippen MR) is 94.7 cm³/mol. The third-order valence-electron chi connectivity index (χ3n) is 3.65. The van der Waals surface area contributed by atoms with Gasteiger partial charge in [-0.15, -0.1) is 0 Å². The van der Waals surface area contributed by atoms with Crippen LogP contribution in [0.4, 0.5) is 8.78 Å². The standard InChI is InChI=1S/C17H12ClF2N3O3S/c1-23-9-14(21-16(23)15-12(19)3-2-4-13(15)20)17(24)22-27(25,26)11-7-5-10(18)6-8-11/h2-9H,1H3,(H,22,24). The number of carbonyl (C=O) groups is 1. The summed E-state index contributed by atoms with van der Waals surface area (Å²) in [5, 5.41) is 0.335. The lowest BCUT2D eigenvalue weighted by Crippen LogP contribution is -2.30. The molecule has 0 saturated carbocycles. The lowest BCUT2D eigenvalue weighted by molar-refractivity contribution is 0.0977. The molecule has 0 saturated heterocycles. The number of carbonyl (C=O) groups excluding carboxylic acids is 1. The van der Waals surface area contributed by atoms with Crippen molar-refractivity contribution >= 4 is 27.5 Å². The van der Waals surface area contributed by atoms with E-state index in [2.05, 4.69) is 4.98 Å². The van der Waals surface area contributed by atoms with Gasteiger partial charge in [0.2, 0.25) is 0 Å². The van der Waals surface area contributed by atoms with Crippen LogP contribution in [-0.2, 0) is 17.1 Å². The Labute approximate surface area is 158 Å². The van der Waals surface area contributed by atoms with Gasteiger partial charge in [-0.25, -0.2) is 26.9 Å². The highest BCUT2D eigenvalue weighted by Crippen LogP contribution is 2.25. The fourth-order valence-electron chi connectivity index (χ4n) is 2.37. The van der Waals surface area contributed by atoms with E-state index < -0.39 is 33.1 Å². The van der Waals surface area contributed by atoms with Crippen LogP contribution in [0, 0.1) is 11.6 Å². The van der Waals surface area contributed by atoms with Gasteiger partial charge in [0.1, 0.15) is 23.2 Å². The van der Waals surface area contributed by atoms with Crippen LogP contribution in [-0.4, -0.2) is 23.9 Å². The number of nitrogens with zero attached hydrogens (tertiary/aromatic N) is 2. The van der Waals surface area contributed by atoms with E-state index in [0.717, 1.165) is 12.1 Å². The van der Waals surface area contributed by atoms with Gasteiger partial charge < -0.3 is 4.57 Å². The normalized spacial score (nSPS) is 11.4. The van der Waals surface area contributed by atoms with Crippen LogP contribution in [0.5, 0.6) is 0 Å². The van der Waals surface area contributed by atoms with Crippen molar-refractivity contribution in [2.45, 2.75) is 4.90 Å². The summed E-state index contributed by atoms with van der Waals surface area (Å²) in [6, 6.07) is 8.49. The molecule has 3 aromatic rings. The highest BCUT2D eigenvalue weighted by molar-refractivity contribution is 7.90. The molecular weight excluding hydrogens is 400 g/mol. The van der Waals surface area contributed by atoms with Crippen LogP contribution in [0.3, 0.4) is 0 Å². The first-order chi connectivity index (χ1) is 12.7. The maximum absolute atomic E-state index is 14.0. The van der Waals surface area contributed by atoms with E-state index in [1.54, 1.807) is 0 Å². The van der Waals surface area contributed by atoms with Gasteiger partial charge in [-0.05, 0) is 36.4 Å². The molecule has 0 aliphatic heterocycles. The first kappa shape index (κ1) is 19.0. The van der Waals surface area contributed by atoms with Crippen LogP contribution in [0.1, 0.15) is 10.5 Å². The van der Waals surface area contributed by atoms with Gasteiger partial charge in [0.25, 0.3) is 15.9 Å². The summed E-state index contributed by atoms with van der Waals surface area (Å²) in [6.45, 7) is 0.